The Hall–Kier alpha value is -3.87. The predicted octanol–water partition coefficient (Wildman–Crippen LogP) is 4.25. The standard InChI is InChI=1S/C22H20N2O5/c1-13-8-17(12-23-18-4-6-20(29-3)7-5-18)14(2)24(13)19-10-15(21(25)26)9-16(11-19)22(27)28/h4-12H,1-3H3,(H,25,26)(H,27,28). The summed E-state index contributed by atoms with van der Waals surface area (Å²) in [5.41, 5.74) is 3.56. The van der Waals surface area contributed by atoms with E-state index in [0.29, 0.717) is 5.69 Å². The molecule has 0 radical (unpaired) electrons. The maximum absolute atomic E-state index is 11.4. The van der Waals surface area contributed by atoms with Gasteiger partial charge in [0.05, 0.1) is 23.9 Å². The summed E-state index contributed by atoms with van der Waals surface area (Å²) in [7, 11) is 1.60. The SMILES string of the molecule is COc1ccc(N=Cc2cc(C)n(-c3cc(C(=O)O)cc(C(=O)O)c3)c2C)cc1. The second-order valence-electron chi connectivity index (χ2n) is 6.50. The quantitative estimate of drug-likeness (QED) is 0.611. The van der Waals surface area contributed by atoms with Crippen molar-refractivity contribution in [3.05, 3.63) is 76.6 Å². The molecular weight excluding hydrogens is 372 g/mol. The Balaban J connectivity index is 2.02. The van der Waals surface area contributed by atoms with E-state index in [4.69, 9.17) is 4.74 Å². The number of nitrogens with zero attached hydrogens (tertiary/aromatic N) is 2. The number of aliphatic imine (C=N–C) groups is 1. The third-order valence-electron chi connectivity index (χ3n) is 4.57. The van der Waals surface area contributed by atoms with E-state index >= 15 is 0 Å². The zero-order valence-electron chi connectivity index (χ0n) is 16.2. The number of methoxy groups -OCH3 is 1. The van der Waals surface area contributed by atoms with E-state index in [2.05, 4.69) is 4.99 Å². The van der Waals surface area contributed by atoms with E-state index in [1.165, 1.54) is 12.1 Å². The summed E-state index contributed by atoms with van der Waals surface area (Å²) in [6, 6.07) is 13.3. The number of benzene rings is 2. The van der Waals surface area contributed by atoms with Gasteiger partial charge in [-0.25, -0.2) is 9.59 Å². The number of rotatable bonds is 6. The molecule has 0 spiro atoms. The number of hydrogen-bond acceptors (Lipinski definition) is 4. The molecule has 1 aromatic heterocycles. The molecule has 0 unspecified atom stereocenters. The smallest absolute Gasteiger partial charge is 0.335 e. The molecule has 3 aromatic rings. The van der Waals surface area contributed by atoms with Gasteiger partial charge in [-0.1, -0.05) is 0 Å². The second-order valence-corrected chi connectivity index (χ2v) is 6.50. The summed E-state index contributed by atoms with van der Waals surface area (Å²) in [6.07, 6.45) is 1.72. The number of hydrogen-bond donors (Lipinski definition) is 2. The van der Waals surface area contributed by atoms with Crippen LogP contribution in [-0.2, 0) is 0 Å². The molecule has 0 aliphatic rings. The maximum atomic E-state index is 11.4. The van der Waals surface area contributed by atoms with Gasteiger partial charge >= 0.3 is 11.9 Å². The topological polar surface area (TPSA) is 101 Å². The van der Waals surface area contributed by atoms with Gasteiger partial charge in [-0.15, -0.1) is 0 Å². The fourth-order valence-electron chi connectivity index (χ4n) is 3.12. The first kappa shape index (κ1) is 19.9. The van der Waals surface area contributed by atoms with Gasteiger partial charge in [-0.3, -0.25) is 4.99 Å². The third kappa shape index (κ3) is 4.19. The molecule has 0 amide bonds. The molecule has 7 nitrogen and oxygen atoms in total. The van der Waals surface area contributed by atoms with Crippen LogP contribution in [0.15, 0.2) is 53.5 Å². The molecule has 1 heterocycles. The minimum Gasteiger partial charge on any atom is -0.497 e. The summed E-state index contributed by atoms with van der Waals surface area (Å²) < 4.78 is 6.95. The van der Waals surface area contributed by atoms with Crippen LogP contribution >= 0.6 is 0 Å². The summed E-state index contributed by atoms with van der Waals surface area (Å²) in [5.74, 6) is -1.62. The summed E-state index contributed by atoms with van der Waals surface area (Å²) in [4.78, 5) is 27.3. The Kier molecular flexibility index (Phi) is 5.50. The van der Waals surface area contributed by atoms with Gasteiger partial charge < -0.3 is 19.5 Å². The van der Waals surface area contributed by atoms with Crippen molar-refractivity contribution in [2.24, 2.45) is 4.99 Å². The molecule has 29 heavy (non-hydrogen) atoms. The molecule has 0 bridgehead atoms. The van der Waals surface area contributed by atoms with Crippen LogP contribution in [0, 0.1) is 13.8 Å². The average molecular weight is 392 g/mol. The third-order valence-corrected chi connectivity index (χ3v) is 4.57. The molecule has 7 heteroatoms. The minimum absolute atomic E-state index is 0.0825. The fourth-order valence-corrected chi connectivity index (χ4v) is 3.12. The predicted molar refractivity (Wildman–Crippen MR) is 109 cm³/mol. The van der Waals surface area contributed by atoms with Gasteiger partial charge in [0.25, 0.3) is 0 Å². The van der Waals surface area contributed by atoms with Gasteiger partial charge in [0.15, 0.2) is 0 Å². The Morgan fingerprint density at radius 3 is 2.07 bits per heavy atom. The van der Waals surface area contributed by atoms with Crippen molar-refractivity contribution < 1.29 is 24.5 Å². The number of aromatic carboxylic acids is 2. The number of carboxylic acid groups (broad SMARTS) is 2. The first-order valence-corrected chi connectivity index (χ1v) is 8.79. The van der Waals surface area contributed by atoms with Crippen LogP contribution in [0.25, 0.3) is 5.69 Å². The lowest BCUT2D eigenvalue weighted by molar-refractivity contribution is 0.0696. The van der Waals surface area contributed by atoms with Crippen LogP contribution in [0.4, 0.5) is 5.69 Å². The highest BCUT2D eigenvalue weighted by Crippen LogP contribution is 2.24. The number of ether oxygens (including phenoxy) is 1. The zero-order chi connectivity index (χ0) is 21.1. The highest BCUT2D eigenvalue weighted by Gasteiger charge is 2.15. The molecule has 0 fully saturated rings. The van der Waals surface area contributed by atoms with Gasteiger partial charge in [0.2, 0.25) is 0 Å². The fraction of sp³-hybridized carbons (Fsp3) is 0.136. The molecule has 0 saturated carbocycles. The van der Waals surface area contributed by atoms with Gasteiger partial charge in [-0.05, 0) is 62.4 Å². The maximum Gasteiger partial charge on any atom is 0.335 e. The van der Waals surface area contributed by atoms with Gasteiger partial charge in [0.1, 0.15) is 5.75 Å². The summed E-state index contributed by atoms with van der Waals surface area (Å²) in [5, 5.41) is 18.6. The van der Waals surface area contributed by atoms with Crippen LogP contribution in [0.2, 0.25) is 0 Å². The number of carbonyl (C=O) groups is 2. The average Bonchev–Trinajstić information content (AvgIpc) is 2.99. The normalized spacial score (nSPS) is 11.0. The second kappa shape index (κ2) is 8.02. The van der Waals surface area contributed by atoms with Crippen molar-refractivity contribution in [2.45, 2.75) is 13.8 Å². The van der Waals surface area contributed by atoms with Crippen molar-refractivity contribution >= 4 is 23.8 Å². The molecule has 0 aliphatic heterocycles. The molecule has 3 rings (SSSR count). The van der Waals surface area contributed by atoms with E-state index in [1.54, 1.807) is 13.3 Å². The highest BCUT2D eigenvalue weighted by atomic mass is 16.5. The van der Waals surface area contributed by atoms with Crippen LogP contribution in [0.5, 0.6) is 5.75 Å². The van der Waals surface area contributed by atoms with E-state index in [1.807, 2.05) is 48.7 Å². The van der Waals surface area contributed by atoms with Crippen molar-refractivity contribution in [3.8, 4) is 11.4 Å². The molecule has 0 saturated heterocycles. The Morgan fingerprint density at radius 2 is 1.55 bits per heavy atom. The number of aryl methyl sites for hydroxylation is 1. The number of aromatic nitrogens is 1. The van der Waals surface area contributed by atoms with Crippen molar-refractivity contribution in [1.82, 2.24) is 4.57 Å². The lowest BCUT2D eigenvalue weighted by Crippen LogP contribution is -2.07. The van der Waals surface area contributed by atoms with Crippen LogP contribution in [0.3, 0.4) is 0 Å². The van der Waals surface area contributed by atoms with Crippen LogP contribution in [0.1, 0.15) is 37.7 Å². The van der Waals surface area contributed by atoms with Crippen molar-refractivity contribution in [3.63, 3.8) is 0 Å². The van der Waals surface area contributed by atoms with E-state index in [9.17, 15) is 19.8 Å². The van der Waals surface area contributed by atoms with E-state index in [0.717, 1.165) is 34.5 Å². The summed E-state index contributed by atoms with van der Waals surface area (Å²) in [6.45, 7) is 3.74. The lowest BCUT2D eigenvalue weighted by atomic mass is 10.1. The molecule has 0 aliphatic carbocycles. The molecule has 0 atom stereocenters. The van der Waals surface area contributed by atoms with Crippen molar-refractivity contribution in [1.29, 1.82) is 0 Å². The minimum atomic E-state index is -1.18. The molecule has 148 valence electrons. The largest absolute Gasteiger partial charge is 0.497 e. The van der Waals surface area contributed by atoms with E-state index < -0.39 is 11.9 Å². The number of carboxylic acids is 2. The van der Waals surface area contributed by atoms with E-state index in [-0.39, 0.29) is 11.1 Å². The molecule has 2 aromatic carbocycles. The van der Waals surface area contributed by atoms with Crippen molar-refractivity contribution in [2.75, 3.05) is 7.11 Å². The Labute approximate surface area is 167 Å². The Bertz CT molecular complexity index is 1080. The monoisotopic (exact) mass is 392 g/mol. The van der Waals surface area contributed by atoms with Crippen LogP contribution in [-0.4, -0.2) is 40.0 Å². The first-order chi connectivity index (χ1) is 13.8. The summed E-state index contributed by atoms with van der Waals surface area (Å²) >= 11 is 0. The Morgan fingerprint density at radius 1 is 0.966 bits per heavy atom. The first-order valence-electron chi connectivity index (χ1n) is 8.79. The lowest BCUT2D eigenvalue weighted by Gasteiger charge is -2.12. The molecular formula is C22H20N2O5. The molecule has 2 N–H and O–H groups in total. The highest BCUT2D eigenvalue weighted by molar-refractivity contribution is 5.95. The van der Waals surface area contributed by atoms with Crippen LogP contribution < -0.4 is 4.74 Å². The van der Waals surface area contributed by atoms with Gasteiger partial charge in [0, 0.05) is 28.9 Å². The van der Waals surface area contributed by atoms with Gasteiger partial charge in [-0.2, -0.15) is 0 Å². The zero-order valence-corrected chi connectivity index (χ0v) is 16.2.